The minimum Gasteiger partial charge on any atom is -0.469 e. The van der Waals surface area contributed by atoms with Gasteiger partial charge in [-0.1, -0.05) is 42.0 Å². The van der Waals surface area contributed by atoms with Crippen LogP contribution in [0.5, 0.6) is 0 Å². The normalized spacial score (nSPS) is 21.6. The molecule has 1 atom stereocenters. The highest BCUT2D eigenvalue weighted by Crippen LogP contribution is 2.33. The maximum atomic E-state index is 13.7. The van der Waals surface area contributed by atoms with Crippen LogP contribution in [-0.2, 0) is 15.9 Å². The van der Waals surface area contributed by atoms with Crippen LogP contribution in [0.1, 0.15) is 47.4 Å². The standard InChI is InChI=1S/C31H35N3O4/c1-23-28(13-18-36-23)31(35)34-26(12-11-25-9-5-6-10-29(25)34)20-32-14-16-33(17-15-32)30-22-37-27(21-38-30)19-24-7-3-2-4-8-24/h2-3,5-7,9-10,13,18,21-22,26H,4,8,11-12,14-17,19-20H2,1H3. The van der Waals surface area contributed by atoms with Crippen LogP contribution in [0, 0.1) is 6.92 Å². The molecule has 0 N–H and O–H groups in total. The Balaban J connectivity index is 1.07. The first-order chi connectivity index (χ1) is 18.7. The number of amides is 1. The molecule has 1 aliphatic carbocycles. The van der Waals surface area contributed by atoms with Crippen molar-refractivity contribution in [2.75, 3.05) is 37.6 Å². The highest BCUT2D eigenvalue weighted by molar-refractivity contribution is 6.07. The second kappa shape index (κ2) is 11.0. The van der Waals surface area contributed by atoms with Crippen LogP contribution in [0.2, 0.25) is 0 Å². The Morgan fingerprint density at radius 3 is 2.63 bits per heavy atom. The summed E-state index contributed by atoms with van der Waals surface area (Å²) in [5, 5.41) is 0. The molecule has 0 spiro atoms. The highest BCUT2D eigenvalue weighted by atomic mass is 16.6. The summed E-state index contributed by atoms with van der Waals surface area (Å²) in [7, 11) is 0. The van der Waals surface area contributed by atoms with Crippen molar-refractivity contribution in [1.29, 1.82) is 0 Å². The molecular weight excluding hydrogens is 478 g/mol. The van der Waals surface area contributed by atoms with Gasteiger partial charge in [0.25, 0.3) is 5.91 Å². The summed E-state index contributed by atoms with van der Waals surface area (Å²) in [5.41, 5.74) is 4.26. The Labute approximate surface area is 224 Å². The lowest BCUT2D eigenvalue weighted by atomic mass is 9.94. The molecule has 7 heteroatoms. The topological polar surface area (TPSA) is 58.4 Å². The van der Waals surface area contributed by atoms with E-state index in [9.17, 15) is 4.79 Å². The zero-order chi connectivity index (χ0) is 25.9. The van der Waals surface area contributed by atoms with Gasteiger partial charge in [-0.05, 0) is 50.3 Å². The quantitative estimate of drug-likeness (QED) is 0.507. The third-order valence-corrected chi connectivity index (χ3v) is 7.95. The number of carbonyl (C=O) groups is 1. The van der Waals surface area contributed by atoms with E-state index in [1.54, 1.807) is 24.9 Å². The van der Waals surface area contributed by atoms with E-state index >= 15 is 0 Å². The second-order valence-electron chi connectivity index (χ2n) is 10.4. The number of rotatable bonds is 6. The van der Waals surface area contributed by atoms with Gasteiger partial charge >= 0.3 is 0 Å². The molecule has 3 aliphatic heterocycles. The fourth-order valence-corrected chi connectivity index (χ4v) is 5.80. The highest BCUT2D eigenvalue weighted by Gasteiger charge is 2.34. The SMILES string of the molecule is Cc1occc1C(=O)N1c2ccccc2CCC1CN1CCN(C2=COC(CC3=CC=CCC3)=CO2)CC1. The summed E-state index contributed by atoms with van der Waals surface area (Å²) >= 11 is 0. The predicted octanol–water partition coefficient (Wildman–Crippen LogP) is 5.52. The lowest BCUT2D eigenvalue weighted by Crippen LogP contribution is -2.54. The number of fused-ring (bicyclic) bond motifs is 1. The zero-order valence-electron chi connectivity index (χ0n) is 22.0. The number of ether oxygens (including phenoxy) is 2. The molecule has 0 bridgehead atoms. The number of aryl methyl sites for hydroxylation is 2. The molecule has 1 amide bonds. The Kier molecular flexibility index (Phi) is 7.10. The molecule has 38 heavy (non-hydrogen) atoms. The van der Waals surface area contributed by atoms with Crippen molar-refractivity contribution in [3.63, 3.8) is 0 Å². The number of benzene rings is 1. The van der Waals surface area contributed by atoms with E-state index in [0.717, 1.165) is 82.2 Å². The number of nitrogens with zero attached hydrogens (tertiary/aromatic N) is 3. The Morgan fingerprint density at radius 2 is 1.89 bits per heavy atom. The van der Waals surface area contributed by atoms with E-state index in [1.165, 1.54) is 11.1 Å². The van der Waals surface area contributed by atoms with Crippen molar-refractivity contribution in [2.24, 2.45) is 0 Å². The summed E-state index contributed by atoms with van der Waals surface area (Å²) in [6, 6.07) is 10.2. The number of hydrogen-bond donors (Lipinski definition) is 0. The summed E-state index contributed by atoms with van der Waals surface area (Å²) < 4.78 is 17.4. The number of anilines is 1. The lowest BCUT2D eigenvalue weighted by Gasteiger charge is -2.42. The molecule has 2 aromatic rings. The van der Waals surface area contributed by atoms with Gasteiger partial charge in [0.15, 0.2) is 6.26 Å². The number of hydrogen-bond acceptors (Lipinski definition) is 6. The van der Waals surface area contributed by atoms with Crippen molar-refractivity contribution < 1.29 is 18.7 Å². The second-order valence-corrected chi connectivity index (χ2v) is 10.4. The van der Waals surface area contributed by atoms with Gasteiger partial charge in [0.1, 0.15) is 17.8 Å². The van der Waals surface area contributed by atoms with Crippen LogP contribution in [0.15, 0.2) is 89.0 Å². The van der Waals surface area contributed by atoms with Crippen molar-refractivity contribution in [3.8, 4) is 0 Å². The number of allylic oxidation sites excluding steroid dienone is 4. The Hall–Kier alpha value is -3.71. The molecule has 1 unspecified atom stereocenters. The number of carbonyl (C=O) groups excluding carboxylic acids is 1. The van der Waals surface area contributed by atoms with Crippen LogP contribution in [0.3, 0.4) is 0 Å². The van der Waals surface area contributed by atoms with Crippen LogP contribution < -0.4 is 4.90 Å². The monoisotopic (exact) mass is 513 g/mol. The van der Waals surface area contributed by atoms with E-state index in [0.29, 0.717) is 11.3 Å². The van der Waals surface area contributed by atoms with Crippen molar-refractivity contribution in [2.45, 2.75) is 45.1 Å². The van der Waals surface area contributed by atoms with Crippen molar-refractivity contribution in [3.05, 3.63) is 101 Å². The van der Waals surface area contributed by atoms with E-state index in [4.69, 9.17) is 13.9 Å². The van der Waals surface area contributed by atoms with Gasteiger partial charge in [-0.15, -0.1) is 0 Å². The van der Waals surface area contributed by atoms with E-state index in [2.05, 4.69) is 46.2 Å². The summed E-state index contributed by atoms with van der Waals surface area (Å²) in [5.74, 6) is 2.30. The molecule has 0 saturated carbocycles. The van der Waals surface area contributed by atoms with Gasteiger partial charge in [0.05, 0.1) is 17.9 Å². The van der Waals surface area contributed by atoms with Gasteiger partial charge in [-0.2, -0.15) is 0 Å². The minimum absolute atomic E-state index is 0.0209. The third kappa shape index (κ3) is 5.16. The Bertz CT molecular complexity index is 1300. The summed E-state index contributed by atoms with van der Waals surface area (Å²) in [4.78, 5) is 20.4. The third-order valence-electron chi connectivity index (χ3n) is 7.95. The van der Waals surface area contributed by atoms with E-state index in [-0.39, 0.29) is 11.9 Å². The molecular formula is C31H35N3O4. The molecule has 1 fully saturated rings. The molecule has 1 aromatic heterocycles. The van der Waals surface area contributed by atoms with Gasteiger partial charge in [-0.3, -0.25) is 9.69 Å². The van der Waals surface area contributed by atoms with Crippen LogP contribution in [-0.4, -0.2) is 54.5 Å². The number of piperazine rings is 1. The maximum absolute atomic E-state index is 13.7. The fourth-order valence-electron chi connectivity index (χ4n) is 5.80. The smallest absolute Gasteiger partial charge is 0.262 e. The number of furan rings is 1. The van der Waals surface area contributed by atoms with Gasteiger partial charge in [0.2, 0.25) is 5.88 Å². The molecule has 198 valence electrons. The molecule has 0 radical (unpaired) electrons. The first kappa shape index (κ1) is 24.6. The van der Waals surface area contributed by atoms with Crippen LogP contribution >= 0.6 is 0 Å². The molecule has 1 aromatic carbocycles. The van der Waals surface area contributed by atoms with Crippen LogP contribution in [0.25, 0.3) is 0 Å². The zero-order valence-corrected chi connectivity index (χ0v) is 22.0. The first-order valence-corrected chi connectivity index (χ1v) is 13.7. The first-order valence-electron chi connectivity index (χ1n) is 13.7. The lowest BCUT2D eigenvalue weighted by molar-refractivity contribution is 0.0777. The van der Waals surface area contributed by atoms with Gasteiger partial charge < -0.3 is 23.7 Å². The van der Waals surface area contributed by atoms with Crippen molar-refractivity contribution >= 4 is 11.6 Å². The molecule has 4 aliphatic rings. The van der Waals surface area contributed by atoms with Crippen LogP contribution in [0.4, 0.5) is 5.69 Å². The fraction of sp³-hybridized carbons (Fsp3) is 0.387. The van der Waals surface area contributed by atoms with Gasteiger partial charge in [0, 0.05) is 44.8 Å². The molecule has 4 heterocycles. The average molecular weight is 514 g/mol. The van der Waals surface area contributed by atoms with E-state index < -0.39 is 0 Å². The van der Waals surface area contributed by atoms with Crippen molar-refractivity contribution in [1.82, 2.24) is 9.80 Å². The largest absolute Gasteiger partial charge is 0.469 e. The Morgan fingerprint density at radius 1 is 1.03 bits per heavy atom. The molecule has 7 nitrogen and oxygen atoms in total. The summed E-state index contributed by atoms with van der Waals surface area (Å²) in [6.45, 7) is 6.21. The van der Waals surface area contributed by atoms with E-state index in [1.807, 2.05) is 17.9 Å². The predicted molar refractivity (Wildman–Crippen MR) is 146 cm³/mol. The maximum Gasteiger partial charge on any atom is 0.262 e. The molecule has 6 rings (SSSR count). The number of para-hydroxylation sites is 1. The molecule has 1 saturated heterocycles. The average Bonchev–Trinajstić information content (AvgIpc) is 3.40. The minimum atomic E-state index is 0.0209. The summed E-state index contributed by atoms with van der Waals surface area (Å²) in [6.07, 6.45) is 16.5. The van der Waals surface area contributed by atoms with Gasteiger partial charge in [-0.25, -0.2) is 0 Å².